The molecule has 0 saturated carbocycles. The van der Waals surface area contributed by atoms with E-state index < -0.39 is 0 Å². The molecule has 0 bridgehead atoms. The Morgan fingerprint density at radius 1 is 0.667 bits per heavy atom. The lowest BCUT2D eigenvalue weighted by Gasteiger charge is -2.09. The minimum absolute atomic E-state index is 0.631. The Labute approximate surface area is 244 Å². The van der Waals surface area contributed by atoms with Crippen LogP contribution in [0.25, 0.3) is 87.3 Å². The third-order valence-electron chi connectivity index (χ3n) is 8.13. The van der Waals surface area contributed by atoms with Crippen LogP contribution in [-0.2, 0) is 0 Å². The third kappa shape index (κ3) is 3.28. The summed E-state index contributed by atoms with van der Waals surface area (Å²) in [6, 6.07) is 38.3. The molecular weight excluding hydrogens is 534 g/mol. The molecule has 0 amide bonds. The number of thiophene rings is 1. The molecule has 0 aliphatic heterocycles. The maximum Gasteiger partial charge on any atom is 0.236 e. The average molecular weight is 558 g/mol. The van der Waals surface area contributed by atoms with Gasteiger partial charge in [-0.25, -0.2) is 9.97 Å². The average Bonchev–Trinajstić information content (AvgIpc) is 3.70. The first-order chi connectivity index (χ1) is 20.8. The summed E-state index contributed by atoms with van der Waals surface area (Å²) in [5, 5.41) is 5.98. The summed E-state index contributed by atoms with van der Waals surface area (Å²) in [6.07, 6.45) is 4.14. The molecule has 5 aromatic carbocycles. The van der Waals surface area contributed by atoms with Gasteiger partial charge in [0.2, 0.25) is 5.95 Å². The van der Waals surface area contributed by atoms with E-state index in [-0.39, 0.29) is 0 Å². The summed E-state index contributed by atoms with van der Waals surface area (Å²) in [7, 11) is 0. The summed E-state index contributed by atoms with van der Waals surface area (Å²) >= 11 is 1.84. The molecule has 0 atom stereocenters. The smallest absolute Gasteiger partial charge is 0.236 e. The van der Waals surface area contributed by atoms with Gasteiger partial charge in [0.05, 0.1) is 11.0 Å². The molecule has 0 radical (unpaired) electrons. The van der Waals surface area contributed by atoms with Gasteiger partial charge in [-0.3, -0.25) is 4.57 Å². The lowest BCUT2D eigenvalue weighted by atomic mass is 10.1. The van der Waals surface area contributed by atoms with E-state index in [1.165, 1.54) is 30.9 Å². The number of benzene rings is 5. The molecule has 9 aromatic rings. The van der Waals surface area contributed by atoms with E-state index in [0.717, 1.165) is 44.3 Å². The Morgan fingerprint density at radius 2 is 1.43 bits per heavy atom. The van der Waals surface area contributed by atoms with Crippen molar-refractivity contribution in [2.45, 2.75) is 6.92 Å². The summed E-state index contributed by atoms with van der Waals surface area (Å²) < 4.78 is 11.2. The highest BCUT2D eigenvalue weighted by Crippen LogP contribution is 2.43. The van der Waals surface area contributed by atoms with Crippen LogP contribution < -0.4 is 0 Å². The normalized spacial score (nSPS) is 12.3. The molecule has 0 spiro atoms. The Balaban J connectivity index is 1.42. The fourth-order valence-corrected chi connectivity index (χ4v) is 7.42. The van der Waals surface area contributed by atoms with E-state index in [1.807, 2.05) is 42.5 Å². The van der Waals surface area contributed by atoms with Gasteiger partial charge in [0.1, 0.15) is 16.8 Å². The highest BCUT2D eigenvalue weighted by Gasteiger charge is 2.22. The molecule has 0 aliphatic rings. The lowest BCUT2D eigenvalue weighted by molar-refractivity contribution is 0.666. The predicted molar refractivity (Wildman–Crippen MR) is 177 cm³/mol. The topological polar surface area (TPSA) is 43.9 Å². The Kier molecular flexibility index (Phi) is 4.95. The van der Waals surface area contributed by atoms with Crippen molar-refractivity contribution in [2.24, 2.45) is 0 Å². The van der Waals surface area contributed by atoms with E-state index in [0.29, 0.717) is 11.5 Å². The molecule has 198 valence electrons. The van der Waals surface area contributed by atoms with E-state index in [2.05, 4.69) is 102 Å². The van der Waals surface area contributed by atoms with Gasteiger partial charge >= 0.3 is 0 Å². The molecule has 0 fully saturated rings. The number of para-hydroxylation sites is 2. The van der Waals surface area contributed by atoms with Crippen LogP contribution in [0, 0.1) is 0 Å². The highest BCUT2D eigenvalue weighted by molar-refractivity contribution is 7.26. The maximum atomic E-state index is 6.41. The van der Waals surface area contributed by atoms with Crippen LogP contribution in [0.5, 0.6) is 0 Å². The SMILES string of the molecule is C/C=C\c1ccc(-c2nc(-n3c4ccccc4c4c5c(ccc43)sc3ccccc35)nc3c2oc2ccccc23)cc1. The zero-order valence-corrected chi connectivity index (χ0v) is 23.5. The predicted octanol–water partition coefficient (Wildman–Crippen LogP) is 10.5. The lowest BCUT2D eigenvalue weighted by Crippen LogP contribution is -2.02. The van der Waals surface area contributed by atoms with Crippen LogP contribution in [0.3, 0.4) is 0 Å². The largest absolute Gasteiger partial charge is 0.452 e. The molecule has 4 heterocycles. The first-order valence-electron chi connectivity index (χ1n) is 14.0. The molecular formula is C37H23N3OS. The van der Waals surface area contributed by atoms with E-state index in [4.69, 9.17) is 14.4 Å². The van der Waals surface area contributed by atoms with Crippen molar-refractivity contribution in [3.05, 3.63) is 121 Å². The van der Waals surface area contributed by atoms with Crippen molar-refractivity contribution in [1.29, 1.82) is 0 Å². The van der Waals surface area contributed by atoms with Crippen LogP contribution in [0.4, 0.5) is 0 Å². The van der Waals surface area contributed by atoms with E-state index >= 15 is 0 Å². The van der Waals surface area contributed by atoms with Crippen molar-refractivity contribution in [3.63, 3.8) is 0 Å². The first-order valence-corrected chi connectivity index (χ1v) is 14.9. The number of furan rings is 1. The van der Waals surface area contributed by atoms with E-state index in [9.17, 15) is 0 Å². The summed E-state index contributed by atoms with van der Waals surface area (Å²) in [5.41, 5.74) is 7.41. The molecule has 0 aliphatic carbocycles. The second kappa shape index (κ2) is 8.87. The van der Waals surface area contributed by atoms with Crippen LogP contribution >= 0.6 is 11.3 Å². The Morgan fingerprint density at radius 3 is 2.29 bits per heavy atom. The summed E-state index contributed by atoms with van der Waals surface area (Å²) in [5.74, 6) is 0.631. The number of rotatable bonds is 3. The van der Waals surface area contributed by atoms with Crippen molar-refractivity contribution < 1.29 is 4.42 Å². The van der Waals surface area contributed by atoms with Gasteiger partial charge < -0.3 is 4.42 Å². The summed E-state index contributed by atoms with van der Waals surface area (Å²) in [6.45, 7) is 2.03. The molecule has 9 rings (SSSR count). The molecule has 0 N–H and O–H groups in total. The van der Waals surface area contributed by atoms with Gasteiger partial charge in [-0.1, -0.05) is 84.9 Å². The standard InChI is InChI=1S/C37H23N3OS/c1-2-9-22-16-18-23(19-17-22)34-36-35(25-11-4-7-14-29(25)41-36)39-37(38-34)40-27-13-6-3-10-24(27)32-28(40)20-21-31-33(32)26-12-5-8-15-30(26)42-31/h2-21H,1H3/b9-2-. The van der Waals surface area contributed by atoms with Gasteiger partial charge in [-0.05, 0) is 48.9 Å². The third-order valence-corrected chi connectivity index (χ3v) is 9.26. The van der Waals surface area contributed by atoms with Gasteiger partial charge in [0.15, 0.2) is 5.58 Å². The Bertz CT molecular complexity index is 2530. The van der Waals surface area contributed by atoms with Gasteiger partial charge in [0, 0.05) is 41.9 Å². The summed E-state index contributed by atoms with van der Waals surface area (Å²) in [4.78, 5) is 10.5. The van der Waals surface area contributed by atoms with Crippen molar-refractivity contribution >= 4 is 81.5 Å². The van der Waals surface area contributed by atoms with Crippen LogP contribution in [0.2, 0.25) is 0 Å². The number of nitrogens with zero attached hydrogens (tertiary/aromatic N) is 3. The minimum atomic E-state index is 0.631. The van der Waals surface area contributed by atoms with Gasteiger partial charge in [-0.2, -0.15) is 0 Å². The molecule has 5 heteroatoms. The quantitative estimate of drug-likeness (QED) is 0.217. The molecule has 42 heavy (non-hydrogen) atoms. The van der Waals surface area contributed by atoms with Gasteiger partial charge in [-0.15, -0.1) is 11.3 Å². The van der Waals surface area contributed by atoms with Crippen LogP contribution in [0.15, 0.2) is 120 Å². The second-order valence-corrected chi connectivity index (χ2v) is 11.6. The van der Waals surface area contributed by atoms with Crippen molar-refractivity contribution in [3.8, 4) is 17.2 Å². The first kappa shape index (κ1) is 23.4. The Hall–Kier alpha value is -5.26. The molecule has 4 nitrogen and oxygen atoms in total. The van der Waals surface area contributed by atoms with Crippen LogP contribution in [0.1, 0.15) is 12.5 Å². The monoisotopic (exact) mass is 557 g/mol. The number of fused-ring (bicyclic) bond motifs is 10. The number of aromatic nitrogens is 3. The van der Waals surface area contributed by atoms with Gasteiger partial charge in [0.25, 0.3) is 0 Å². The van der Waals surface area contributed by atoms with Crippen molar-refractivity contribution in [1.82, 2.24) is 14.5 Å². The second-order valence-electron chi connectivity index (χ2n) is 10.6. The zero-order valence-electron chi connectivity index (χ0n) is 22.7. The zero-order chi connectivity index (χ0) is 27.8. The molecule has 0 unspecified atom stereocenters. The number of hydrogen-bond donors (Lipinski definition) is 0. The highest BCUT2D eigenvalue weighted by atomic mass is 32.1. The van der Waals surface area contributed by atoms with Crippen LogP contribution in [-0.4, -0.2) is 14.5 Å². The number of allylic oxidation sites excluding steroid dienone is 1. The number of hydrogen-bond acceptors (Lipinski definition) is 4. The fraction of sp³-hybridized carbons (Fsp3) is 0.0270. The molecule has 0 saturated heterocycles. The van der Waals surface area contributed by atoms with E-state index in [1.54, 1.807) is 0 Å². The fourth-order valence-electron chi connectivity index (χ4n) is 6.31. The maximum absolute atomic E-state index is 6.41. The molecule has 4 aromatic heterocycles. The minimum Gasteiger partial charge on any atom is -0.452 e. The van der Waals surface area contributed by atoms with Crippen molar-refractivity contribution in [2.75, 3.05) is 0 Å².